The molecule has 1 rings (SSSR count). The summed E-state index contributed by atoms with van der Waals surface area (Å²) in [5, 5.41) is 8.85. The van der Waals surface area contributed by atoms with Gasteiger partial charge in [0, 0.05) is 13.2 Å². The van der Waals surface area contributed by atoms with Crippen LogP contribution in [-0.4, -0.2) is 26.7 Å². The smallest absolute Gasteiger partial charge is 0.240 e. The first kappa shape index (κ1) is 17.1. The molecule has 2 N–H and O–H groups in total. The minimum Gasteiger partial charge on any atom is -0.396 e. The number of sulfonamides is 1. The number of rotatable bonds is 7. The van der Waals surface area contributed by atoms with Gasteiger partial charge in [-0.2, -0.15) is 0 Å². The molecule has 0 atom stereocenters. The molecule has 4 nitrogen and oxygen atoms in total. The zero-order valence-electron chi connectivity index (χ0n) is 12.7. The maximum absolute atomic E-state index is 12.3. The Morgan fingerprint density at radius 3 is 2.40 bits per heavy atom. The molecule has 0 saturated carbocycles. The Labute approximate surface area is 122 Å². The second kappa shape index (κ2) is 6.70. The van der Waals surface area contributed by atoms with Gasteiger partial charge in [0.2, 0.25) is 10.0 Å². The van der Waals surface area contributed by atoms with Crippen molar-refractivity contribution < 1.29 is 13.5 Å². The lowest BCUT2D eigenvalue weighted by atomic mass is 9.88. The van der Waals surface area contributed by atoms with Gasteiger partial charge in [0.15, 0.2) is 0 Å². The first-order valence-electron chi connectivity index (χ1n) is 6.86. The molecule has 0 aromatic heterocycles. The second-order valence-corrected chi connectivity index (χ2v) is 7.83. The number of aliphatic hydroxyl groups excluding tert-OH is 1. The average molecular weight is 299 g/mol. The van der Waals surface area contributed by atoms with Crippen molar-refractivity contribution in [3.8, 4) is 0 Å². The topological polar surface area (TPSA) is 66.4 Å². The predicted molar refractivity (Wildman–Crippen MR) is 81.2 cm³/mol. The third-order valence-electron chi connectivity index (χ3n) is 3.54. The van der Waals surface area contributed by atoms with Gasteiger partial charge in [-0.15, -0.1) is 0 Å². The van der Waals surface area contributed by atoms with Crippen molar-refractivity contribution in [2.24, 2.45) is 5.41 Å². The fourth-order valence-corrected chi connectivity index (χ4v) is 3.23. The summed E-state index contributed by atoms with van der Waals surface area (Å²) >= 11 is 0. The van der Waals surface area contributed by atoms with E-state index in [0.717, 1.165) is 17.5 Å². The lowest BCUT2D eigenvalue weighted by Gasteiger charge is -2.24. The Bertz CT molecular complexity index is 550. The van der Waals surface area contributed by atoms with Gasteiger partial charge in [0.1, 0.15) is 0 Å². The molecule has 0 aliphatic heterocycles. The molecule has 1 aromatic carbocycles. The summed E-state index contributed by atoms with van der Waals surface area (Å²) in [4.78, 5) is 0.304. The lowest BCUT2D eigenvalue weighted by molar-refractivity contribution is 0.242. The third-order valence-corrected chi connectivity index (χ3v) is 4.94. The fourth-order valence-electron chi connectivity index (χ4n) is 1.90. The fraction of sp³-hybridized carbons (Fsp3) is 0.600. The number of benzene rings is 1. The normalized spacial score (nSPS) is 12.7. The van der Waals surface area contributed by atoms with Crippen molar-refractivity contribution in [1.29, 1.82) is 0 Å². The minimum atomic E-state index is -3.47. The molecule has 0 unspecified atom stereocenters. The molecule has 0 heterocycles. The quantitative estimate of drug-likeness (QED) is 0.812. The summed E-state index contributed by atoms with van der Waals surface area (Å²) in [5.74, 6) is 0. The van der Waals surface area contributed by atoms with Crippen LogP contribution in [0.2, 0.25) is 0 Å². The van der Waals surface area contributed by atoms with E-state index in [0.29, 0.717) is 17.9 Å². The molecule has 0 aliphatic carbocycles. The van der Waals surface area contributed by atoms with E-state index in [4.69, 9.17) is 5.11 Å². The molecule has 0 bridgehead atoms. The highest BCUT2D eigenvalue weighted by atomic mass is 32.2. The van der Waals surface area contributed by atoms with Crippen molar-refractivity contribution in [1.82, 2.24) is 4.72 Å². The van der Waals surface area contributed by atoms with Crippen LogP contribution in [0.1, 0.15) is 37.8 Å². The van der Waals surface area contributed by atoms with Crippen molar-refractivity contribution in [3.05, 3.63) is 29.3 Å². The number of nitrogens with one attached hydrogen (secondary N) is 1. The van der Waals surface area contributed by atoms with Crippen molar-refractivity contribution >= 4 is 10.0 Å². The maximum atomic E-state index is 12.3. The van der Waals surface area contributed by atoms with Crippen LogP contribution < -0.4 is 4.72 Å². The summed E-state index contributed by atoms with van der Waals surface area (Å²) in [6.07, 6.45) is 1.46. The Morgan fingerprint density at radius 2 is 1.85 bits per heavy atom. The lowest BCUT2D eigenvalue weighted by Crippen LogP contribution is -2.34. The van der Waals surface area contributed by atoms with Crippen LogP contribution >= 0.6 is 0 Å². The van der Waals surface area contributed by atoms with Crippen LogP contribution in [0.3, 0.4) is 0 Å². The maximum Gasteiger partial charge on any atom is 0.240 e. The highest BCUT2D eigenvalue weighted by Gasteiger charge is 2.22. The largest absolute Gasteiger partial charge is 0.396 e. The van der Waals surface area contributed by atoms with E-state index in [9.17, 15) is 8.42 Å². The average Bonchev–Trinajstić information content (AvgIpc) is 2.37. The van der Waals surface area contributed by atoms with Crippen LogP contribution in [0.4, 0.5) is 0 Å². The molecule has 0 amide bonds. The second-order valence-electron chi connectivity index (χ2n) is 6.06. The minimum absolute atomic E-state index is 0.132. The predicted octanol–water partition coefficient (Wildman–Crippen LogP) is 2.38. The number of hydrogen-bond acceptors (Lipinski definition) is 3. The molecular formula is C15H25NO3S. The van der Waals surface area contributed by atoms with Gasteiger partial charge in [-0.3, -0.25) is 0 Å². The molecular weight excluding hydrogens is 274 g/mol. The van der Waals surface area contributed by atoms with Crippen molar-refractivity contribution in [2.45, 2.75) is 45.4 Å². The third kappa shape index (κ3) is 4.89. The van der Waals surface area contributed by atoms with E-state index < -0.39 is 10.0 Å². The SMILES string of the molecule is Cc1ccc(S(=O)(=O)NCC(C)(C)CCCO)cc1C. The van der Waals surface area contributed by atoms with E-state index >= 15 is 0 Å². The number of aliphatic hydroxyl groups is 1. The monoisotopic (exact) mass is 299 g/mol. The van der Waals surface area contributed by atoms with Gasteiger partial charge in [-0.05, 0) is 55.4 Å². The van der Waals surface area contributed by atoms with Crippen LogP contribution in [-0.2, 0) is 10.0 Å². The van der Waals surface area contributed by atoms with Crippen LogP contribution in [0.25, 0.3) is 0 Å². The Morgan fingerprint density at radius 1 is 1.20 bits per heavy atom. The van der Waals surface area contributed by atoms with E-state index in [1.165, 1.54) is 0 Å². The number of hydrogen-bond donors (Lipinski definition) is 2. The summed E-state index contributed by atoms with van der Waals surface area (Å²) in [6.45, 7) is 8.34. The zero-order valence-corrected chi connectivity index (χ0v) is 13.5. The summed E-state index contributed by atoms with van der Waals surface area (Å²) in [6, 6.07) is 5.14. The molecule has 20 heavy (non-hydrogen) atoms. The molecule has 0 saturated heterocycles. The summed E-state index contributed by atoms with van der Waals surface area (Å²) in [7, 11) is -3.47. The molecule has 0 fully saturated rings. The van der Waals surface area contributed by atoms with Gasteiger partial charge in [0.25, 0.3) is 0 Å². The van der Waals surface area contributed by atoms with Gasteiger partial charge < -0.3 is 5.11 Å². The van der Waals surface area contributed by atoms with Gasteiger partial charge >= 0.3 is 0 Å². The first-order chi connectivity index (χ1) is 9.18. The van der Waals surface area contributed by atoms with Crippen LogP contribution in [0.5, 0.6) is 0 Å². The van der Waals surface area contributed by atoms with Crippen LogP contribution in [0, 0.1) is 19.3 Å². The molecule has 1 aromatic rings. The first-order valence-corrected chi connectivity index (χ1v) is 8.34. The summed E-state index contributed by atoms with van der Waals surface area (Å²) in [5.41, 5.74) is 1.87. The molecule has 0 radical (unpaired) electrons. The summed E-state index contributed by atoms with van der Waals surface area (Å²) < 4.78 is 27.2. The van der Waals surface area contributed by atoms with Crippen LogP contribution in [0.15, 0.2) is 23.1 Å². The highest BCUT2D eigenvalue weighted by Crippen LogP contribution is 2.22. The Balaban J connectivity index is 2.77. The van der Waals surface area contributed by atoms with Gasteiger partial charge in [-0.25, -0.2) is 13.1 Å². The number of aryl methyl sites for hydroxylation is 2. The molecule has 0 aliphatic rings. The standard InChI is InChI=1S/C15H25NO3S/c1-12-6-7-14(10-13(12)2)20(18,19)16-11-15(3,4)8-5-9-17/h6-7,10,16-17H,5,8-9,11H2,1-4H3. The van der Waals surface area contributed by atoms with Crippen molar-refractivity contribution in [3.63, 3.8) is 0 Å². The van der Waals surface area contributed by atoms with E-state index in [1.54, 1.807) is 12.1 Å². The Kier molecular flexibility index (Phi) is 5.74. The molecule has 114 valence electrons. The van der Waals surface area contributed by atoms with E-state index in [1.807, 2.05) is 33.8 Å². The van der Waals surface area contributed by atoms with E-state index in [2.05, 4.69) is 4.72 Å². The highest BCUT2D eigenvalue weighted by molar-refractivity contribution is 7.89. The van der Waals surface area contributed by atoms with Crippen molar-refractivity contribution in [2.75, 3.05) is 13.2 Å². The molecule has 5 heteroatoms. The zero-order chi connectivity index (χ0) is 15.4. The van der Waals surface area contributed by atoms with Gasteiger partial charge in [-0.1, -0.05) is 19.9 Å². The van der Waals surface area contributed by atoms with E-state index in [-0.39, 0.29) is 12.0 Å². The Hall–Kier alpha value is -0.910. The van der Waals surface area contributed by atoms with Gasteiger partial charge in [0.05, 0.1) is 4.90 Å². The molecule has 0 spiro atoms.